The normalized spacial score (nSPS) is 17.7. The molecule has 2 rings (SSSR count). The number of nitrogen functional groups attached to an aromatic ring is 1. The zero-order valence-corrected chi connectivity index (χ0v) is 13.0. The maximum Gasteiger partial charge on any atom is 0.244 e. The molecule has 0 saturated carbocycles. The summed E-state index contributed by atoms with van der Waals surface area (Å²) in [6, 6.07) is 3.42. The van der Waals surface area contributed by atoms with Gasteiger partial charge in [-0.15, -0.1) is 0 Å². The average Bonchev–Trinajstić information content (AvgIpc) is 2.94. The van der Waals surface area contributed by atoms with Gasteiger partial charge in [0.1, 0.15) is 6.04 Å². The van der Waals surface area contributed by atoms with Crippen LogP contribution in [0.3, 0.4) is 0 Å². The highest BCUT2D eigenvalue weighted by Crippen LogP contribution is 2.39. The summed E-state index contributed by atoms with van der Waals surface area (Å²) < 4.78 is 10.6. The van der Waals surface area contributed by atoms with Crippen LogP contribution in [0.25, 0.3) is 0 Å². The monoisotopic (exact) mass is 293 g/mol. The van der Waals surface area contributed by atoms with Crippen molar-refractivity contribution in [2.24, 2.45) is 0 Å². The molecule has 116 valence electrons. The number of anilines is 2. The molecule has 0 spiro atoms. The second-order valence-electron chi connectivity index (χ2n) is 5.35. The Balaban J connectivity index is 2.38. The lowest BCUT2D eigenvalue weighted by Gasteiger charge is -2.29. The number of hydrogen-bond acceptors (Lipinski definition) is 5. The number of nitrogens with two attached hydrogens (primary N) is 1. The predicted octanol–water partition coefficient (Wildman–Crippen LogP) is 1.34. The van der Waals surface area contributed by atoms with E-state index in [-0.39, 0.29) is 11.9 Å². The molecular weight excluding hydrogens is 270 g/mol. The van der Waals surface area contributed by atoms with Crippen molar-refractivity contribution in [3.8, 4) is 11.5 Å². The third-order valence-electron chi connectivity index (χ3n) is 3.82. The zero-order valence-electron chi connectivity index (χ0n) is 13.0. The van der Waals surface area contributed by atoms with Gasteiger partial charge in [0.15, 0.2) is 11.5 Å². The molecule has 1 amide bonds. The summed E-state index contributed by atoms with van der Waals surface area (Å²) in [7, 11) is 6.71. The second-order valence-corrected chi connectivity index (χ2v) is 5.35. The fraction of sp³-hybridized carbons (Fsp3) is 0.533. The number of rotatable bonds is 4. The van der Waals surface area contributed by atoms with Gasteiger partial charge in [-0.05, 0) is 12.8 Å². The minimum Gasteiger partial charge on any atom is -0.493 e. The molecule has 1 aliphatic heterocycles. The van der Waals surface area contributed by atoms with Crippen LogP contribution in [0, 0.1) is 0 Å². The van der Waals surface area contributed by atoms with Crippen LogP contribution in [-0.4, -0.2) is 51.7 Å². The molecule has 1 heterocycles. The maximum absolute atomic E-state index is 12.3. The highest BCUT2D eigenvalue weighted by Gasteiger charge is 2.33. The van der Waals surface area contributed by atoms with Crippen LogP contribution in [0.1, 0.15) is 12.8 Å². The smallest absolute Gasteiger partial charge is 0.244 e. The largest absolute Gasteiger partial charge is 0.493 e. The van der Waals surface area contributed by atoms with Crippen molar-refractivity contribution >= 4 is 17.3 Å². The van der Waals surface area contributed by atoms with E-state index in [4.69, 9.17) is 15.2 Å². The van der Waals surface area contributed by atoms with Crippen LogP contribution in [-0.2, 0) is 4.79 Å². The molecule has 0 aliphatic carbocycles. The van der Waals surface area contributed by atoms with Crippen LogP contribution in [0.2, 0.25) is 0 Å². The molecule has 1 aromatic rings. The van der Waals surface area contributed by atoms with Crippen LogP contribution in [0.5, 0.6) is 11.5 Å². The molecule has 1 aromatic carbocycles. The van der Waals surface area contributed by atoms with Crippen LogP contribution in [0.15, 0.2) is 12.1 Å². The molecular formula is C15H23N3O3. The SMILES string of the molecule is COc1cc(N)c(N2CCCC2C(=O)N(C)C)cc1OC. The number of hydrogen-bond donors (Lipinski definition) is 1. The Morgan fingerprint density at radius 1 is 1.29 bits per heavy atom. The quantitative estimate of drug-likeness (QED) is 0.849. The number of methoxy groups -OCH3 is 2. The molecule has 0 radical (unpaired) electrons. The van der Waals surface area contributed by atoms with Gasteiger partial charge in [0, 0.05) is 32.8 Å². The summed E-state index contributed by atoms with van der Waals surface area (Å²) in [5.74, 6) is 1.31. The van der Waals surface area contributed by atoms with Gasteiger partial charge in [0.05, 0.1) is 25.6 Å². The molecule has 1 unspecified atom stereocenters. The molecule has 2 N–H and O–H groups in total. The van der Waals surface area contributed by atoms with Crippen molar-refractivity contribution in [1.82, 2.24) is 4.90 Å². The first-order valence-corrected chi connectivity index (χ1v) is 6.99. The Morgan fingerprint density at radius 3 is 2.48 bits per heavy atom. The number of carbonyl (C=O) groups is 1. The first-order chi connectivity index (χ1) is 9.99. The highest BCUT2D eigenvalue weighted by atomic mass is 16.5. The lowest BCUT2D eigenvalue weighted by molar-refractivity contribution is -0.129. The molecule has 21 heavy (non-hydrogen) atoms. The van der Waals surface area contributed by atoms with Gasteiger partial charge in [-0.2, -0.15) is 0 Å². The van der Waals surface area contributed by atoms with Gasteiger partial charge >= 0.3 is 0 Å². The molecule has 1 atom stereocenters. The summed E-state index contributed by atoms with van der Waals surface area (Å²) in [5.41, 5.74) is 7.55. The lowest BCUT2D eigenvalue weighted by Crippen LogP contribution is -2.43. The van der Waals surface area contributed by atoms with Gasteiger partial charge in [0.2, 0.25) is 5.91 Å². The van der Waals surface area contributed by atoms with E-state index in [0.29, 0.717) is 17.2 Å². The van der Waals surface area contributed by atoms with Gasteiger partial charge in [-0.25, -0.2) is 0 Å². The van der Waals surface area contributed by atoms with Crippen molar-refractivity contribution in [2.75, 3.05) is 45.5 Å². The minimum absolute atomic E-state index is 0.0988. The number of nitrogens with zero attached hydrogens (tertiary/aromatic N) is 2. The molecule has 1 fully saturated rings. The fourth-order valence-electron chi connectivity index (χ4n) is 2.74. The third kappa shape index (κ3) is 2.84. The van der Waals surface area contributed by atoms with Crippen molar-refractivity contribution in [3.05, 3.63) is 12.1 Å². The average molecular weight is 293 g/mol. The number of carbonyl (C=O) groups excluding carboxylic acids is 1. The summed E-state index contributed by atoms with van der Waals surface area (Å²) in [4.78, 5) is 16.0. The Morgan fingerprint density at radius 2 is 1.90 bits per heavy atom. The van der Waals surface area contributed by atoms with Crippen LogP contribution >= 0.6 is 0 Å². The molecule has 6 nitrogen and oxygen atoms in total. The Hall–Kier alpha value is -2.11. The summed E-state index contributed by atoms with van der Waals surface area (Å²) in [5, 5.41) is 0. The maximum atomic E-state index is 12.3. The topological polar surface area (TPSA) is 68.0 Å². The minimum atomic E-state index is -0.166. The third-order valence-corrected chi connectivity index (χ3v) is 3.82. The predicted molar refractivity (Wildman–Crippen MR) is 83.0 cm³/mol. The fourth-order valence-corrected chi connectivity index (χ4v) is 2.74. The van der Waals surface area contributed by atoms with Gasteiger partial charge in [-0.1, -0.05) is 0 Å². The van der Waals surface area contributed by atoms with E-state index in [1.807, 2.05) is 6.07 Å². The van der Waals surface area contributed by atoms with E-state index in [1.54, 1.807) is 39.3 Å². The summed E-state index contributed by atoms with van der Waals surface area (Å²) in [6.07, 6.45) is 1.81. The first-order valence-electron chi connectivity index (χ1n) is 6.99. The van der Waals surface area contributed by atoms with E-state index in [0.717, 1.165) is 25.1 Å². The standard InChI is InChI=1S/C15H23N3O3/c1-17(2)15(19)11-6-5-7-18(11)12-9-14(21-4)13(20-3)8-10(12)16/h8-9,11H,5-7,16H2,1-4H3. The van der Waals surface area contributed by atoms with Crippen molar-refractivity contribution in [1.29, 1.82) is 0 Å². The Kier molecular flexibility index (Phi) is 4.45. The van der Waals surface area contributed by atoms with E-state index in [9.17, 15) is 4.79 Å². The number of amides is 1. The van der Waals surface area contributed by atoms with E-state index >= 15 is 0 Å². The Bertz CT molecular complexity index is 531. The van der Waals surface area contributed by atoms with Crippen molar-refractivity contribution in [2.45, 2.75) is 18.9 Å². The van der Waals surface area contributed by atoms with Gasteiger partial charge in [-0.3, -0.25) is 4.79 Å². The van der Waals surface area contributed by atoms with E-state index in [2.05, 4.69) is 4.90 Å². The highest BCUT2D eigenvalue weighted by molar-refractivity contribution is 5.87. The van der Waals surface area contributed by atoms with Crippen molar-refractivity contribution in [3.63, 3.8) is 0 Å². The van der Waals surface area contributed by atoms with Crippen LogP contribution < -0.4 is 20.1 Å². The van der Waals surface area contributed by atoms with Crippen LogP contribution in [0.4, 0.5) is 11.4 Å². The van der Waals surface area contributed by atoms with Crippen molar-refractivity contribution < 1.29 is 14.3 Å². The summed E-state index contributed by atoms with van der Waals surface area (Å²) >= 11 is 0. The summed E-state index contributed by atoms with van der Waals surface area (Å²) in [6.45, 7) is 0.809. The molecule has 1 aliphatic rings. The number of benzene rings is 1. The van der Waals surface area contributed by atoms with E-state index < -0.39 is 0 Å². The second kappa shape index (κ2) is 6.11. The molecule has 1 saturated heterocycles. The number of likely N-dealkylation sites (N-methyl/N-ethyl adjacent to an activating group) is 1. The van der Waals surface area contributed by atoms with Gasteiger partial charge in [0.25, 0.3) is 0 Å². The number of ether oxygens (including phenoxy) is 2. The first kappa shape index (κ1) is 15.3. The van der Waals surface area contributed by atoms with E-state index in [1.165, 1.54) is 0 Å². The van der Waals surface area contributed by atoms with Gasteiger partial charge < -0.3 is 25.0 Å². The Labute approximate surface area is 125 Å². The molecule has 0 aromatic heterocycles. The molecule has 6 heteroatoms. The lowest BCUT2D eigenvalue weighted by atomic mass is 10.1. The zero-order chi connectivity index (χ0) is 15.6. The molecule has 0 bridgehead atoms.